The normalized spacial score (nSPS) is 17.0. The van der Waals surface area contributed by atoms with Gasteiger partial charge in [0.05, 0.1) is 0 Å². The number of halogens is 7. The monoisotopic (exact) mass is 1270 g/mol. The zero-order chi connectivity index (χ0) is 64.9. The fourth-order valence-electron chi connectivity index (χ4n) is 14.1. The first-order chi connectivity index (χ1) is 42.4. The lowest BCUT2D eigenvalue weighted by Gasteiger charge is -2.38. The van der Waals surface area contributed by atoms with E-state index in [-0.39, 0.29) is 5.82 Å². The van der Waals surface area contributed by atoms with Gasteiger partial charge in [-0.3, -0.25) is 4.90 Å². The average molecular weight is 1270 g/mol. The molecule has 0 radical (unpaired) electrons. The van der Waals surface area contributed by atoms with Crippen molar-refractivity contribution in [2.75, 3.05) is 89.3 Å². The zero-order valence-corrected chi connectivity index (χ0v) is 54.8. The molecule has 7 aromatic rings. The number of hydrogen-bond acceptors (Lipinski definition) is 8. The Balaban J connectivity index is 0.000000166. The molecule has 0 atom stereocenters. The number of carbonyl (C=O) groups excluding carboxylic acids is 2. The van der Waals surface area contributed by atoms with Crippen molar-refractivity contribution in [2.24, 2.45) is 0 Å². The van der Waals surface area contributed by atoms with E-state index in [1.807, 2.05) is 12.1 Å². The number of rotatable bonds is 6. The standard InChI is InChI=1S/C37H41FN3Si.C30H36N3Si.2C2HF3O2/c1-25-8-6-9-26(2)36(25)37-31-13-12-30(41-18-16-40(17-19-41)24-27-10-7-11-29(38)20-27)22-34(31)42(4,5)35-23-33-28(21-32(35)37)14-15-39(33)3;1-20-7-6-8-21(2)29(20)30-24-10-9-23(33-15-12-31-13-16-33)18-27(24)34(4,5)28-19-26-22(17-25(28)30)11-14-32(26)3;2*3-2(4,5)1(6)7/h6-13,20-23H,14-19,24H2,1-5H3;6-10,17-19,31H,11-16H2,1-5H3;2*(H,6,7)/q2*+1;;/p-2. The number of nitrogens with zero attached hydrogens (tertiary/aromatic N) is 5. The number of carboxylic acids is 2. The van der Waals surface area contributed by atoms with Crippen LogP contribution in [0.4, 0.5) is 42.1 Å². The van der Waals surface area contributed by atoms with Crippen LogP contribution in [0.2, 0.25) is 26.2 Å². The van der Waals surface area contributed by atoms with Crippen LogP contribution in [0.25, 0.3) is 11.1 Å². The number of likely N-dealkylation sites (N-methyl/N-ethyl adjacent to an activating group) is 2. The molecule has 6 aliphatic heterocycles. The lowest BCUT2D eigenvalue weighted by atomic mass is 9.88. The Morgan fingerprint density at radius 1 is 0.522 bits per heavy atom. The zero-order valence-electron chi connectivity index (χ0n) is 52.8. The third-order valence-electron chi connectivity index (χ3n) is 18.9. The summed E-state index contributed by atoms with van der Waals surface area (Å²) in [6.45, 7) is 30.6. The summed E-state index contributed by atoms with van der Waals surface area (Å²) in [5.41, 5.74) is 20.8. The molecule has 0 spiro atoms. The van der Waals surface area contributed by atoms with Gasteiger partial charge in [-0.15, -0.1) is 0 Å². The van der Waals surface area contributed by atoms with Crippen molar-refractivity contribution in [3.63, 3.8) is 0 Å². The number of aliphatic carboxylic acids is 2. The van der Waals surface area contributed by atoms with E-state index < -0.39 is 40.4 Å². The van der Waals surface area contributed by atoms with Crippen LogP contribution in [0.3, 0.4) is 0 Å². The highest BCUT2D eigenvalue weighted by molar-refractivity contribution is 7.02. The van der Waals surface area contributed by atoms with E-state index in [0.29, 0.717) is 0 Å². The molecule has 1 N–H and O–H groups in total. The number of anilines is 2. The van der Waals surface area contributed by atoms with Crippen molar-refractivity contribution in [1.82, 2.24) is 19.4 Å². The van der Waals surface area contributed by atoms with E-state index in [2.05, 4.69) is 194 Å². The van der Waals surface area contributed by atoms with Crippen molar-refractivity contribution >= 4 is 71.4 Å². The Kier molecular flexibility index (Phi) is 18.5. The molecule has 7 aromatic carbocycles. The van der Waals surface area contributed by atoms with Crippen LogP contribution in [0.5, 0.6) is 0 Å². The molecule has 13 rings (SSSR count). The molecule has 2 saturated heterocycles. The molecular formula is C71H77F7N6O4Si2. The SMILES string of the molecule is Cc1cccc(C)c1C1=c2cc3c(cc2[Si](C)(C)c2cc(N4CCN(Cc5cccc(F)c5)CC4)ccc21)=[N+](C)CC3.Cc1cccc(C)c1C1=c2cc3c(cc2[Si](C)(C)c2cc(N4CCNCC4)ccc21)=[N+](C)CC3.O=C([O-])C(F)(F)F.O=C([O-])C(F)(F)F. The second-order valence-electron chi connectivity index (χ2n) is 25.6. The van der Waals surface area contributed by atoms with E-state index in [1.54, 1.807) is 26.8 Å². The fraction of sp³-hybridized carbons (Fsp3) is 0.352. The lowest BCUT2D eigenvalue weighted by Crippen LogP contribution is -2.64. The Hall–Kier alpha value is -7.72. The third-order valence-corrected chi connectivity index (χ3v) is 26.0. The molecule has 472 valence electrons. The molecule has 19 heteroatoms. The second-order valence-corrected chi connectivity index (χ2v) is 34.2. The topological polar surface area (TPSA) is 108 Å². The highest BCUT2D eigenvalue weighted by atomic mass is 28.3. The van der Waals surface area contributed by atoms with Gasteiger partial charge in [0, 0.05) is 106 Å². The largest absolute Gasteiger partial charge is 0.542 e. The van der Waals surface area contributed by atoms with Gasteiger partial charge in [-0.05, 0) is 169 Å². The Labute approximate surface area is 523 Å². The van der Waals surface area contributed by atoms with Crippen LogP contribution in [0, 0.1) is 33.5 Å². The molecule has 2 fully saturated rings. The maximum absolute atomic E-state index is 13.7. The first kappa shape index (κ1) is 65.2. The fourth-order valence-corrected chi connectivity index (χ4v) is 20.2. The smallest absolute Gasteiger partial charge is 0.430 e. The Morgan fingerprint density at radius 3 is 1.30 bits per heavy atom. The van der Waals surface area contributed by atoms with E-state index in [0.717, 1.165) is 90.4 Å². The highest BCUT2D eigenvalue weighted by Crippen LogP contribution is 2.34. The molecule has 0 bridgehead atoms. The summed E-state index contributed by atoms with van der Waals surface area (Å²) < 4.78 is 81.7. The summed E-state index contributed by atoms with van der Waals surface area (Å²) >= 11 is 0. The van der Waals surface area contributed by atoms with Crippen LogP contribution in [0.1, 0.15) is 61.2 Å². The minimum Gasteiger partial charge on any atom is -0.542 e. The van der Waals surface area contributed by atoms with Gasteiger partial charge < -0.3 is 34.9 Å². The van der Waals surface area contributed by atoms with Crippen molar-refractivity contribution < 1.29 is 50.5 Å². The quantitative estimate of drug-likeness (QED) is 0.150. The van der Waals surface area contributed by atoms with Gasteiger partial charge in [0.15, 0.2) is 0 Å². The van der Waals surface area contributed by atoms with Crippen LogP contribution in [-0.2, 0) is 29.0 Å². The van der Waals surface area contributed by atoms with Gasteiger partial charge in [-0.2, -0.15) is 26.3 Å². The highest BCUT2D eigenvalue weighted by Gasteiger charge is 2.40. The van der Waals surface area contributed by atoms with E-state index >= 15 is 0 Å². The molecule has 10 nitrogen and oxygen atoms in total. The van der Waals surface area contributed by atoms with Gasteiger partial charge in [0.2, 0.25) is 10.7 Å². The maximum atomic E-state index is 13.7. The first-order valence-corrected chi connectivity index (χ1v) is 36.6. The Bertz CT molecular complexity index is 4200. The molecule has 6 aliphatic rings. The van der Waals surface area contributed by atoms with Gasteiger partial charge in [-0.1, -0.05) is 86.9 Å². The van der Waals surface area contributed by atoms with E-state index in [4.69, 9.17) is 19.8 Å². The predicted molar refractivity (Wildman–Crippen MR) is 345 cm³/mol. The van der Waals surface area contributed by atoms with Crippen LogP contribution in [0.15, 0.2) is 121 Å². The van der Waals surface area contributed by atoms with Crippen LogP contribution >= 0.6 is 0 Å². The number of nitrogens with one attached hydrogen (secondary N) is 1. The second kappa shape index (κ2) is 25.5. The van der Waals surface area contributed by atoms with Gasteiger partial charge in [0.1, 0.15) is 61.1 Å². The number of benzene rings is 7. The minimum absolute atomic E-state index is 0.151. The van der Waals surface area contributed by atoms with Gasteiger partial charge in [-0.25, -0.2) is 13.5 Å². The summed E-state index contributed by atoms with van der Waals surface area (Å²) in [5, 5.41) is 33.2. The number of piperazine rings is 2. The van der Waals surface area contributed by atoms with Crippen molar-refractivity contribution in [1.29, 1.82) is 0 Å². The average Bonchev–Trinajstić information content (AvgIpc) is 0.926. The summed E-state index contributed by atoms with van der Waals surface area (Å²) in [7, 11) is 0.597. The number of carboxylic acid groups (broad SMARTS) is 2. The summed E-state index contributed by atoms with van der Waals surface area (Å²) in [6, 6.07) is 45.5. The molecule has 0 unspecified atom stereocenters. The molecule has 0 aliphatic carbocycles. The van der Waals surface area contributed by atoms with E-state index in [1.165, 1.54) is 105 Å². The van der Waals surface area contributed by atoms with Gasteiger partial charge >= 0.3 is 12.4 Å². The predicted octanol–water partition coefficient (Wildman–Crippen LogP) is 4.20. The molecule has 0 aromatic heterocycles. The molecule has 0 saturated carbocycles. The minimum atomic E-state index is -5.19. The van der Waals surface area contributed by atoms with Crippen molar-refractivity contribution in [3.8, 4) is 0 Å². The Morgan fingerprint density at radius 2 is 0.911 bits per heavy atom. The van der Waals surface area contributed by atoms with Crippen molar-refractivity contribution in [3.05, 3.63) is 209 Å². The summed E-state index contributed by atoms with van der Waals surface area (Å²) in [4.78, 5) is 25.1. The first-order valence-electron chi connectivity index (χ1n) is 30.6. The van der Waals surface area contributed by atoms with Crippen molar-refractivity contribution in [2.45, 2.75) is 85.6 Å². The molecule has 6 heterocycles. The van der Waals surface area contributed by atoms with E-state index in [9.17, 15) is 30.7 Å². The summed E-state index contributed by atoms with van der Waals surface area (Å²) in [5.74, 6) is -6.16. The summed E-state index contributed by atoms with van der Waals surface area (Å²) in [6.07, 6.45) is -8.12. The maximum Gasteiger partial charge on any atom is 0.430 e. The number of fused-ring (bicyclic) bond motifs is 6. The number of aryl methyl sites for hydroxylation is 4. The third kappa shape index (κ3) is 13.1. The number of hydrogen-bond donors (Lipinski definition) is 1. The molecule has 0 amide bonds. The number of alkyl halides is 6. The lowest BCUT2D eigenvalue weighted by molar-refractivity contribution is -0.344. The van der Waals surface area contributed by atoms with Crippen LogP contribution < -0.4 is 76.4 Å². The number of carbonyl (C=O) groups is 2. The molecule has 90 heavy (non-hydrogen) atoms. The molecular weight excluding hydrogens is 1190 g/mol. The van der Waals surface area contributed by atoms with Crippen LogP contribution in [-0.4, -0.2) is 125 Å². The van der Waals surface area contributed by atoms with Gasteiger partial charge in [0.25, 0.3) is 0 Å².